The molecule has 0 aliphatic carbocycles. The Morgan fingerprint density at radius 2 is 1.95 bits per heavy atom. The van der Waals surface area contributed by atoms with E-state index >= 15 is 0 Å². The normalized spacial score (nSPS) is 18.7. The highest BCUT2D eigenvalue weighted by atomic mass is 19.1. The van der Waals surface area contributed by atoms with Gasteiger partial charge in [-0.1, -0.05) is 13.8 Å². The number of rotatable bonds is 5. The van der Waals surface area contributed by atoms with E-state index in [2.05, 4.69) is 23.7 Å². The molecule has 1 aromatic rings. The maximum atomic E-state index is 13.4. The van der Waals surface area contributed by atoms with E-state index in [1.54, 1.807) is 6.20 Å². The van der Waals surface area contributed by atoms with Gasteiger partial charge in [0.15, 0.2) is 0 Å². The predicted molar refractivity (Wildman–Crippen MR) is 75.2 cm³/mol. The standard InChI is InChI=1S/C15H24FN3/c1-3-15(4-2,19-7-5-6-8-19)14(17)12-9-13(16)11-18-10-12/h9-11,14H,3-8,17H2,1-2H3. The Bertz CT molecular complexity index is 412. The average Bonchev–Trinajstić information content (AvgIpc) is 2.95. The van der Waals surface area contributed by atoms with Crippen molar-refractivity contribution >= 4 is 0 Å². The molecule has 1 aromatic heterocycles. The van der Waals surface area contributed by atoms with Crippen LogP contribution in [0.4, 0.5) is 4.39 Å². The Labute approximate surface area is 115 Å². The van der Waals surface area contributed by atoms with Crippen LogP contribution in [0.3, 0.4) is 0 Å². The maximum Gasteiger partial charge on any atom is 0.141 e. The van der Waals surface area contributed by atoms with Gasteiger partial charge < -0.3 is 5.73 Å². The van der Waals surface area contributed by atoms with Crippen molar-refractivity contribution in [3.8, 4) is 0 Å². The van der Waals surface area contributed by atoms with Crippen LogP contribution in [-0.2, 0) is 0 Å². The molecule has 1 aliphatic heterocycles. The van der Waals surface area contributed by atoms with Gasteiger partial charge in [0, 0.05) is 17.8 Å². The highest BCUT2D eigenvalue weighted by Crippen LogP contribution is 2.37. The third-order valence-electron chi connectivity index (χ3n) is 4.62. The summed E-state index contributed by atoms with van der Waals surface area (Å²) >= 11 is 0. The van der Waals surface area contributed by atoms with E-state index in [9.17, 15) is 4.39 Å². The molecule has 1 saturated heterocycles. The van der Waals surface area contributed by atoms with Gasteiger partial charge in [0.2, 0.25) is 0 Å². The van der Waals surface area contributed by atoms with Gasteiger partial charge in [-0.05, 0) is 50.4 Å². The topological polar surface area (TPSA) is 42.1 Å². The van der Waals surface area contributed by atoms with E-state index in [-0.39, 0.29) is 17.4 Å². The van der Waals surface area contributed by atoms with E-state index in [1.165, 1.54) is 25.1 Å². The first-order chi connectivity index (χ1) is 9.14. The summed E-state index contributed by atoms with van der Waals surface area (Å²) < 4.78 is 13.4. The fourth-order valence-corrected chi connectivity index (χ4v) is 3.40. The largest absolute Gasteiger partial charge is 0.322 e. The number of aromatic nitrogens is 1. The van der Waals surface area contributed by atoms with Crippen LogP contribution >= 0.6 is 0 Å². The zero-order valence-electron chi connectivity index (χ0n) is 11.9. The van der Waals surface area contributed by atoms with E-state index in [4.69, 9.17) is 5.73 Å². The Balaban J connectivity index is 2.32. The van der Waals surface area contributed by atoms with Crippen molar-refractivity contribution in [1.82, 2.24) is 9.88 Å². The van der Waals surface area contributed by atoms with Gasteiger partial charge in [0.05, 0.1) is 6.20 Å². The van der Waals surface area contributed by atoms with E-state index in [0.29, 0.717) is 0 Å². The minimum absolute atomic E-state index is 0.0774. The molecule has 1 atom stereocenters. The van der Waals surface area contributed by atoms with Crippen LogP contribution in [0.5, 0.6) is 0 Å². The van der Waals surface area contributed by atoms with E-state index < -0.39 is 0 Å². The van der Waals surface area contributed by atoms with Gasteiger partial charge >= 0.3 is 0 Å². The molecule has 2 rings (SSSR count). The molecular weight excluding hydrogens is 241 g/mol. The van der Waals surface area contributed by atoms with Crippen LogP contribution in [0.1, 0.15) is 51.1 Å². The molecule has 1 unspecified atom stereocenters. The second-order valence-electron chi connectivity index (χ2n) is 5.42. The average molecular weight is 265 g/mol. The van der Waals surface area contributed by atoms with Crippen LogP contribution in [-0.4, -0.2) is 28.5 Å². The second kappa shape index (κ2) is 5.97. The van der Waals surface area contributed by atoms with Gasteiger partial charge in [-0.25, -0.2) is 4.39 Å². The van der Waals surface area contributed by atoms with E-state index in [1.807, 2.05) is 0 Å². The minimum Gasteiger partial charge on any atom is -0.322 e. The molecule has 1 aliphatic rings. The first kappa shape index (κ1) is 14.4. The van der Waals surface area contributed by atoms with Crippen LogP contribution in [0.15, 0.2) is 18.5 Å². The fourth-order valence-electron chi connectivity index (χ4n) is 3.40. The molecule has 2 N–H and O–H groups in total. The highest BCUT2D eigenvalue weighted by molar-refractivity contribution is 5.20. The monoisotopic (exact) mass is 265 g/mol. The minimum atomic E-state index is -0.310. The zero-order chi connectivity index (χ0) is 13.9. The molecule has 0 radical (unpaired) electrons. The molecule has 4 heteroatoms. The molecule has 19 heavy (non-hydrogen) atoms. The molecule has 0 spiro atoms. The van der Waals surface area contributed by atoms with Crippen molar-refractivity contribution in [2.24, 2.45) is 5.73 Å². The quantitative estimate of drug-likeness (QED) is 0.890. The van der Waals surface area contributed by atoms with Crippen molar-refractivity contribution in [1.29, 1.82) is 0 Å². The fraction of sp³-hybridized carbons (Fsp3) is 0.667. The van der Waals surface area contributed by atoms with Crippen molar-refractivity contribution in [2.75, 3.05) is 13.1 Å². The van der Waals surface area contributed by atoms with Gasteiger partial charge in [0.25, 0.3) is 0 Å². The molecule has 3 nitrogen and oxygen atoms in total. The lowest BCUT2D eigenvalue weighted by atomic mass is 9.80. The van der Waals surface area contributed by atoms with Crippen molar-refractivity contribution in [3.63, 3.8) is 0 Å². The number of nitrogens with zero attached hydrogens (tertiary/aromatic N) is 2. The number of halogens is 1. The number of hydrogen-bond acceptors (Lipinski definition) is 3. The van der Waals surface area contributed by atoms with Crippen LogP contribution in [0.25, 0.3) is 0 Å². The zero-order valence-corrected chi connectivity index (χ0v) is 11.9. The third kappa shape index (κ3) is 2.65. The first-order valence-electron chi connectivity index (χ1n) is 7.25. The van der Waals surface area contributed by atoms with Crippen molar-refractivity contribution in [3.05, 3.63) is 29.8 Å². The number of pyridine rings is 1. The van der Waals surface area contributed by atoms with Crippen molar-refractivity contribution < 1.29 is 4.39 Å². The number of likely N-dealkylation sites (tertiary alicyclic amines) is 1. The molecule has 0 aromatic carbocycles. The molecular formula is C15H24FN3. The molecule has 106 valence electrons. The van der Waals surface area contributed by atoms with Gasteiger partial charge in [-0.2, -0.15) is 0 Å². The summed E-state index contributed by atoms with van der Waals surface area (Å²) in [6, 6.07) is 1.33. The molecule has 1 fully saturated rings. The van der Waals surface area contributed by atoms with Gasteiger partial charge in [-0.3, -0.25) is 9.88 Å². The summed E-state index contributed by atoms with van der Waals surface area (Å²) in [5.74, 6) is -0.310. The number of hydrogen-bond donors (Lipinski definition) is 1. The summed E-state index contributed by atoms with van der Waals surface area (Å²) in [6.07, 6.45) is 7.34. The molecule has 0 amide bonds. The Hall–Kier alpha value is -1.00. The molecule has 2 heterocycles. The second-order valence-corrected chi connectivity index (χ2v) is 5.42. The number of nitrogens with two attached hydrogens (primary N) is 1. The molecule has 0 saturated carbocycles. The first-order valence-corrected chi connectivity index (χ1v) is 7.25. The summed E-state index contributed by atoms with van der Waals surface area (Å²) in [4.78, 5) is 6.43. The summed E-state index contributed by atoms with van der Waals surface area (Å²) in [5, 5.41) is 0. The maximum absolute atomic E-state index is 13.4. The molecule has 0 bridgehead atoms. The van der Waals surface area contributed by atoms with Gasteiger partial charge in [-0.15, -0.1) is 0 Å². The summed E-state index contributed by atoms with van der Waals surface area (Å²) in [7, 11) is 0. The lowest BCUT2D eigenvalue weighted by Crippen LogP contribution is -2.53. The van der Waals surface area contributed by atoms with E-state index in [0.717, 1.165) is 31.5 Å². The summed E-state index contributed by atoms with van der Waals surface area (Å²) in [6.45, 7) is 6.54. The lowest BCUT2D eigenvalue weighted by molar-refractivity contribution is 0.0764. The third-order valence-corrected chi connectivity index (χ3v) is 4.62. The lowest BCUT2D eigenvalue weighted by Gasteiger charge is -2.45. The highest BCUT2D eigenvalue weighted by Gasteiger charge is 2.41. The Kier molecular flexibility index (Phi) is 4.53. The van der Waals surface area contributed by atoms with Crippen molar-refractivity contribution in [2.45, 2.75) is 51.1 Å². The Morgan fingerprint density at radius 1 is 1.32 bits per heavy atom. The smallest absolute Gasteiger partial charge is 0.141 e. The SMILES string of the molecule is CCC(CC)(C(N)c1cncc(F)c1)N1CCCC1. The van der Waals surface area contributed by atoms with Crippen LogP contribution in [0, 0.1) is 5.82 Å². The Morgan fingerprint density at radius 3 is 2.47 bits per heavy atom. The van der Waals surface area contributed by atoms with Crippen LogP contribution < -0.4 is 5.73 Å². The summed E-state index contributed by atoms with van der Waals surface area (Å²) in [5.41, 5.74) is 7.22. The van der Waals surface area contributed by atoms with Gasteiger partial charge in [0.1, 0.15) is 5.82 Å². The van der Waals surface area contributed by atoms with Crippen LogP contribution in [0.2, 0.25) is 0 Å². The predicted octanol–water partition coefficient (Wildman–Crippen LogP) is 2.88.